The molecule has 3 aromatic rings. The van der Waals surface area contributed by atoms with Crippen molar-refractivity contribution in [1.82, 2.24) is 9.55 Å². The number of rotatable bonds is 3. The number of hydrogen-bond acceptors (Lipinski definition) is 3. The summed E-state index contributed by atoms with van der Waals surface area (Å²) in [4.78, 5) is 4.50. The number of nitrogens with zero attached hydrogens (tertiary/aromatic N) is 2. The molecule has 0 unspecified atom stereocenters. The Bertz CT molecular complexity index is 729. The third-order valence-electron chi connectivity index (χ3n) is 3.15. The summed E-state index contributed by atoms with van der Waals surface area (Å²) in [5.74, 6) is 0. The number of aromatic nitrogens is 2. The molecule has 0 radical (unpaired) electrons. The van der Waals surface area contributed by atoms with Crippen LogP contribution in [0.4, 0.5) is 0 Å². The summed E-state index contributed by atoms with van der Waals surface area (Å²) in [6.45, 7) is 3.30. The molecule has 19 heavy (non-hydrogen) atoms. The van der Waals surface area contributed by atoms with Crippen LogP contribution < -0.4 is 5.73 Å². The number of aryl methyl sites for hydroxylation is 1. The van der Waals surface area contributed by atoms with Crippen LogP contribution in [0.25, 0.3) is 10.9 Å². The summed E-state index contributed by atoms with van der Waals surface area (Å²) >= 11 is 7.76. The Balaban J connectivity index is 2.09. The Morgan fingerprint density at radius 3 is 2.95 bits per heavy atom. The van der Waals surface area contributed by atoms with Crippen LogP contribution >= 0.6 is 22.9 Å². The van der Waals surface area contributed by atoms with Crippen LogP contribution in [-0.4, -0.2) is 9.55 Å². The average molecular weight is 292 g/mol. The van der Waals surface area contributed by atoms with Gasteiger partial charge in [-0.05, 0) is 24.6 Å². The standard InChI is InChI=1S/C14H14ClN3S/c1-9-17-12(8-19-9)7-18-6-10(5-16)13-3-2-11(15)4-14(13)18/h2-4,6,8H,5,7,16H2,1H3. The van der Waals surface area contributed by atoms with E-state index in [1.165, 1.54) is 5.39 Å². The second-order valence-corrected chi connectivity index (χ2v) is 6.00. The lowest BCUT2D eigenvalue weighted by atomic mass is 10.2. The second-order valence-electron chi connectivity index (χ2n) is 4.51. The van der Waals surface area contributed by atoms with Gasteiger partial charge < -0.3 is 10.3 Å². The van der Waals surface area contributed by atoms with Crippen LogP contribution in [0, 0.1) is 6.92 Å². The highest BCUT2D eigenvalue weighted by Gasteiger charge is 2.09. The highest BCUT2D eigenvalue weighted by Crippen LogP contribution is 2.25. The van der Waals surface area contributed by atoms with E-state index in [4.69, 9.17) is 17.3 Å². The van der Waals surface area contributed by atoms with E-state index >= 15 is 0 Å². The molecule has 0 amide bonds. The van der Waals surface area contributed by atoms with E-state index in [-0.39, 0.29) is 0 Å². The normalized spacial score (nSPS) is 11.3. The van der Waals surface area contributed by atoms with Crippen molar-refractivity contribution in [3.63, 3.8) is 0 Å². The molecule has 0 saturated carbocycles. The van der Waals surface area contributed by atoms with Gasteiger partial charge in [0.2, 0.25) is 0 Å². The van der Waals surface area contributed by atoms with E-state index in [9.17, 15) is 0 Å². The maximum absolute atomic E-state index is 6.09. The number of halogens is 1. The number of hydrogen-bond donors (Lipinski definition) is 1. The van der Waals surface area contributed by atoms with Gasteiger partial charge in [-0.2, -0.15) is 0 Å². The Labute approximate surface area is 120 Å². The molecule has 0 aliphatic rings. The minimum absolute atomic E-state index is 0.529. The van der Waals surface area contributed by atoms with Crippen molar-refractivity contribution in [2.24, 2.45) is 5.73 Å². The van der Waals surface area contributed by atoms with Crippen molar-refractivity contribution >= 4 is 33.8 Å². The highest BCUT2D eigenvalue weighted by atomic mass is 35.5. The first kappa shape index (κ1) is 12.7. The van der Waals surface area contributed by atoms with Crippen LogP contribution in [0.1, 0.15) is 16.3 Å². The van der Waals surface area contributed by atoms with Crippen LogP contribution in [0.5, 0.6) is 0 Å². The average Bonchev–Trinajstić information content (AvgIpc) is 2.94. The molecule has 0 spiro atoms. The first-order chi connectivity index (χ1) is 9.17. The van der Waals surface area contributed by atoms with Gasteiger partial charge in [0.1, 0.15) is 0 Å². The first-order valence-electron chi connectivity index (χ1n) is 6.05. The van der Waals surface area contributed by atoms with Gasteiger partial charge in [-0.1, -0.05) is 17.7 Å². The van der Waals surface area contributed by atoms with Gasteiger partial charge in [0.15, 0.2) is 0 Å². The third kappa shape index (κ3) is 2.39. The molecule has 0 bridgehead atoms. The van der Waals surface area contributed by atoms with Crippen LogP contribution in [0.2, 0.25) is 5.02 Å². The van der Waals surface area contributed by atoms with Crippen molar-refractivity contribution in [3.05, 3.63) is 51.1 Å². The number of fused-ring (bicyclic) bond motifs is 1. The molecule has 0 saturated heterocycles. The van der Waals surface area contributed by atoms with Crippen LogP contribution in [0.15, 0.2) is 29.8 Å². The molecule has 0 aliphatic carbocycles. The third-order valence-corrected chi connectivity index (χ3v) is 4.20. The molecule has 0 aliphatic heterocycles. The first-order valence-corrected chi connectivity index (χ1v) is 7.31. The van der Waals surface area contributed by atoms with Gasteiger partial charge in [-0.25, -0.2) is 4.98 Å². The van der Waals surface area contributed by atoms with E-state index in [0.29, 0.717) is 6.54 Å². The Morgan fingerprint density at radius 1 is 1.42 bits per heavy atom. The maximum Gasteiger partial charge on any atom is 0.0898 e. The van der Waals surface area contributed by atoms with Gasteiger partial charge in [0.25, 0.3) is 0 Å². The lowest BCUT2D eigenvalue weighted by Gasteiger charge is -2.03. The summed E-state index contributed by atoms with van der Waals surface area (Å²) in [5.41, 5.74) is 9.12. The molecule has 2 heterocycles. The summed E-state index contributed by atoms with van der Waals surface area (Å²) in [5, 5.41) is 5.08. The number of nitrogens with two attached hydrogens (primary N) is 1. The van der Waals surface area contributed by atoms with Gasteiger partial charge in [0, 0.05) is 28.5 Å². The van der Waals surface area contributed by atoms with Gasteiger partial charge in [0.05, 0.1) is 22.8 Å². The zero-order valence-electron chi connectivity index (χ0n) is 10.6. The van der Waals surface area contributed by atoms with Crippen molar-refractivity contribution in [1.29, 1.82) is 0 Å². The summed E-state index contributed by atoms with van der Waals surface area (Å²) < 4.78 is 2.16. The fraction of sp³-hybridized carbons (Fsp3) is 0.214. The smallest absolute Gasteiger partial charge is 0.0898 e. The van der Waals surface area contributed by atoms with Gasteiger partial charge in [-0.15, -0.1) is 11.3 Å². The lowest BCUT2D eigenvalue weighted by molar-refractivity contribution is 0.806. The maximum atomic E-state index is 6.09. The molecule has 3 nitrogen and oxygen atoms in total. The van der Waals surface area contributed by atoms with Gasteiger partial charge in [-0.3, -0.25) is 0 Å². The fourth-order valence-corrected chi connectivity index (χ4v) is 3.06. The van der Waals surface area contributed by atoms with Gasteiger partial charge >= 0.3 is 0 Å². The largest absolute Gasteiger partial charge is 0.341 e. The number of benzene rings is 1. The van der Waals surface area contributed by atoms with E-state index < -0.39 is 0 Å². The molecule has 3 rings (SSSR count). The Morgan fingerprint density at radius 2 is 2.26 bits per heavy atom. The topological polar surface area (TPSA) is 43.8 Å². The van der Waals surface area contributed by atoms with Crippen LogP contribution in [0.3, 0.4) is 0 Å². The molecular formula is C14H14ClN3S. The monoisotopic (exact) mass is 291 g/mol. The quantitative estimate of drug-likeness (QED) is 0.802. The second kappa shape index (κ2) is 4.96. The molecule has 1 aromatic carbocycles. The van der Waals surface area contributed by atoms with Crippen molar-refractivity contribution in [2.75, 3.05) is 0 Å². The minimum Gasteiger partial charge on any atom is -0.341 e. The molecular weight excluding hydrogens is 278 g/mol. The summed E-state index contributed by atoms with van der Waals surface area (Å²) in [6, 6.07) is 5.91. The molecule has 5 heteroatoms. The predicted octanol–water partition coefficient (Wildman–Crippen LogP) is 3.57. The highest BCUT2D eigenvalue weighted by molar-refractivity contribution is 7.09. The molecule has 2 N–H and O–H groups in total. The molecule has 2 aromatic heterocycles. The minimum atomic E-state index is 0.529. The Hall–Kier alpha value is -1.36. The Kier molecular flexibility index (Phi) is 3.31. The molecule has 98 valence electrons. The fourth-order valence-electron chi connectivity index (χ4n) is 2.29. The van der Waals surface area contributed by atoms with Crippen LogP contribution in [-0.2, 0) is 13.1 Å². The summed E-state index contributed by atoms with van der Waals surface area (Å²) in [6.07, 6.45) is 2.09. The zero-order chi connectivity index (χ0) is 13.4. The lowest BCUT2D eigenvalue weighted by Crippen LogP contribution is -1.99. The zero-order valence-corrected chi connectivity index (χ0v) is 12.1. The van der Waals surface area contributed by atoms with Crippen molar-refractivity contribution in [2.45, 2.75) is 20.0 Å². The van der Waals surface area contributed by atoms with E-state index in [1.807, 2.05) is 25.1 Å². The van der Waals surface area contributed by atoms with E-state index in [1.54, 1.807) is 11.3 Å². The van der Waals surface area contributed by atoms with Crippen molar-refractivity contribution in [3.8, 4) is 0 Å². The molecule has 0 fully saturated rings. The summed E-state index contributed by atoms with van der Waals surface area (Å²) in [7, 11) is 0. The van der Waals surface area contributed by atoms with E-state index in [0.717, 1.165) is 33.3 Å². The van der Waals surface area contributed by atoms with Crippen molar-refractivity contribution < 1.29 is 0 Å². The van der Waals surface area contributed by atoms with E-state index in [2.05, 4.69) is 21.1 Å². The SMILES string of the molecule is Cc1nc(Cn2cc(CN)c3ccc(Cl)cc32)cs1. The predicted molar refractivity (Wildman–Crippen MR) is 80.8 cm³/mol. The number of thiazole rings is 1. The molecule has 0 atom stereocenters.